The molecular weight excluding hydrogens is 234 g/mol. The number of nitrogens with zero attached hydrogens (tertiary/aromatic N) is 1. The van der Waals surface area contributed by atoms with Gasteiger partial charge in [-0.15, -0.1) is 0 Å². The lowest BCUT2D eigenvalue weighted by Crippen LogP contribution is -2.49. The van der Waals surface area contributed by atoms with Crippen molar-refractivity contribution in [1.82, 2.24) is 4.90 Å². The molecule has 0 aromatic rings. The lowest BCUT2D eigenvalue weighted by Gasteiger charge is -2.37. The predicted molar refractivity (Wildman–Crippen MR) is 64.8 cm³/mol. The molecule has 1 heterocycles. The van der Waals surface area contributed by atoms with Crippen LogP contribution in [0.4, 0.5) is 0 Å². The maximum Gasteiger partial charge on any atom is 0.307 e. The molecule has 102 valence electrons. The molecule has 5 heteroatoms. The quantitative estimate of drug-likeness (QED) is 0.762. The van der Waals surface area contributed by atoms with Gasteiger partial charge in [-0.05, 0) is 25.2 Å². The Bertz CT molecular complexity index is 388. The second kappa shape index (κ2) is 3.95. The van der Waals surface area contributed by atoms with Crippen molar-refractivity contribution in [3.8, 4) is 0 Å². The standard InChI is InChI=1S/C13H21NO4/c1-12(2)8(9(12)11(16)17)10(15)14-6-4-5-13(3,18)7-14/h8-9,18H,4-7H2,1-3H3,(H,16,17)/t8-,9+,13?/m1/s1. The highest BCUT2D eigenvalue weighted by Gasteiger charge is 2.66. The van der Waals surface area contributed by atoms with Crippen LogP contribution in [0.25, 0.3) is 0 Å². The molecule has 18 heavy (non-hydrogen) atoms. The van der Waals surface area contributed by atoms with Gasteiger partial charge in [-0.1, -0.05) is 13.8 Å². The minimum absolute atomic E-state index is 0.118. The van der Waals surface area contributed by atoms with Gasteiger partial charge in [0.15, 0.2) is 0 Å². The number of aliphatic hydroxyl groups is 1. The Balaban J connectivity index is 2.07. The monoisotopic (exact) mass is 255 g/mol. The number of likely N-dealkylation sites (tertiary alicyclic amines) is 1. The van der Waals surface area contributed by atoms with Crippen LogP contribution < -0.4 is 0 Å². The third-order valence-electron chi connectivity index (χ3n) is 4.35. The molecule has 2 rings (SSSR count). The number of hydrogen-bond donors (Lipinski definition) is 2. The third kappa shape index (κ3) is 2.11. The lowest BCUT2D eigenvalue weighted by atomic mass is 9.94. The molecule has 2 N–H and O–H groups in total. The first kappa shape index (κ1) is 13.3. The van der Waals surface area contributed by atoms with Gasteiger partial charge in [-0.25, -0.2) is 0 Å². The van der Waals surface area contributed by atoms with E-state index in [2.05, 4.69) is 0 Å². The molecule has 1 saturated carbocycles. The molecule has 0 aromatic heterocycles. The van der Waals surface area contributed by atoms with E-state index in [-0.39, 0.29) is 5.91 Å². The first-order valence-electron chi connectivity index (χ1n) is 6.41. The molecule has 5 nitrogen and oxygen atoms in total. The first-order valence-corrected chi connectivity index (χ1v) is 6.41. The van der Waals surface area contributed by atoms with Crippen molar-refractivity contribution in [1.29, 1.82) is 0 Å². The van der Waals surface area contributed by atoms with Crippen LogP contribution in [0.3, 0.4) is 0 Å². The number of carbonyl (C=O) groups excluding carboxylic acids is 1. The fourth-order valence-electron chi connectivity index (χ4n) is 3.16. The molecule has 1 amide bonds. The van der Waals surface area contributed by atoms with Crippen LogP contribution in [0.2, 0.25) is 0 Å². The summed E-state index contributed by atoms with van der Waals surface area (Å²) in [5.74, 6) is -2.05. The Morgan fingerprint density at radius 2 is 1.83 bits per heavy atom. The van der Waals surface area contributed by atoms with Crippen LogP contribution >= 0.6 is 0 Å². The Hall–Kier alpha value is -1.10. The molecular formula is C13H21NO4. The first-order chi connectivity index (χ1) is 8.17. The minimum atomic E-state index is -0.901. The maximum atomic E-state index is 12.3. The van der Waals surface area contributed by atoms with E-state index in [4.69, 9.17) is 5.11 Å². The number of carbonyl (C=O) groups is 2. The Morgan fingerprint density at radius 1 is 1.22 bits per heavy atom. The van der Waals surface area contributed by atoms with E-state index in [0.717, 1.165) is 6.42 Å². The summed E-state index contributed by atoms with van der Waals surface area (Å²) in [5, 5.41) is 19.1. The molecule has 1 unspecified atom stereocenters. The number of piperidine rings is 1. The second-order valence-corrected chi connectivity index (χ2v) is 6.48. The van der Waals surface area contributed by atoms with Crippen molar-refractivity contribution in [2.45, 2.75) is 39.2 Å². The summed E-state index contributed by atoms with van der Waals surface area (Å²) in [5.41, 5.74) is -1.31. The van der Waals surface area contributed by atoms with E-state index in [9.17, 15) is 14.7 Å². The summed E-state index contributed by atoms with van der Waals surface area (Å²) in [7, 11) is 0. The zero-order valence-corrected chi connectivity index (χ0v) is 11.1. The zero-order chi connectivity index (χ0) is 13.7. The van der Waals surface area contributed by atoms with Crippen LogP contribution in [0.1, 0.15) is 33.6 Å². The lowest BCUT2D eigenvalue weighted by molar-refractivity contribution is -0.144. The maximum absolute atomic E-state index is 12.3. The fraction of sp³-hybridized carbons (Fsp3) is 0.846. The van der Waals surface area contributed by atoms with Crippen LogP contribution in [0.5, 0.6) is 0 Å². The summed E-state index contributed by atoms with van der Waals surface area (Å²) in [6.45, 7) is 6.28. The van der Waals surface area contributed by atoms with Gasteiger partial charge in [0.05, 0.1) is 17.4 Å². The molecule has 1 saturated heterocycles. The van der Waals surface area contributed by atoms with E-state index >= 15 is 0 Å². The molecule has 3 atom stereocenters. The Morgan fingerprint density at radius 3 is 2.28 bits per heavy atom. The van der Waals surface area contributed by atoms with E-state index in [1.807, 2.05) is 13.8 Å². The number of carboxylic acid groups (broad SMARTS) is 1. The van der Waals surface area contributed by atoms with Gasteiger partial charge in [0, 0.05) is 13.1 Å². The molecule has 1 aliphatic heterocycles. The van der Waals surface area contributed by atoms with Crippen molar-refractivity contribution in [2.24, 2.45) is 17.3 Å². The molecule has 2 fully saturated rings. The van der Waals surface area contributed by atoms with E-state index < -0.39 is 28.8 Å². The summed E-state index contributed by atoms with van der Waals surface area (Å²) < 4.78 is 0. The van der Waals surface area contributed by atoms with Crippen molar-refractivity contribution in [3.05, 3.63) is 0 Å². The van der Waals surface area contributed by atoms with Gasteiger partial charge in [0.25, 0.3) is 0 Å². The van der Waals surface area contributed by atoms with E-state index in [1.54, 1.807) is 11.8 Å². The summed E-state index contributed by atoms with van der Waals surface area (Å²) in [6, 6.07) is 0. The number of rotatable bonds is 2. The number of aliphatic carboxylic acids is 1. The van der Waals surface area contributed by atoms with Gasteiger partial charge in [-0.2, -0.15) is 0 Å². The van der Waals surface area contributed by atoms with Crippen molar-refractivity contribution in [3.63, 3.8) is 0 Å². The molecule has 0 bridgehead atoms. The number of carboxylic acids is 1. The zero-order valence-electron chi connectivity index (χ0n) is 11.1. The molecule has 1 aliphatic carbocycles. The van der Waals surface area contributed by atoms with E-state index in [1.165, 1.54) is 0 Å². The average Bonchev–Trinajstić information content (AvgIpc) is 2.79. The van der Waals surface area contributed by atoms with Gasteiger partial charge in [0.2, 0.25) is 5.91 Å². The van der Waals surface area contributed by atoms with Crippen LogP contribution in [-0.4, -0.2) is 45.7 Å². The number of β-amino-alcohol motifs (C(OH)–C–C–N with tert-alkyl or cyclic N) is 1. The fourth-order valence-corrected chi connectivity index (χ4v) is 3.16. The highest BCUT2D eigenvalue weighted by atomic mass is 16.4. The van der Waals surface area contributed by atoms with Gasteiger partial charge < -0.3 is 15.1 Å². The van der Waals surface area contributed by atoms with Crippen LogP contribution in [0, 0.1) is 17.3 Å². The average molecular weight is 255 g/mol. The highest BCUT2D eigenvalue weighted by molar-refractivity contribution is 5.91. The van der Waals surface area contributed by atoms with Gasteiger partial charge in [0.1, 0.15) is 0 Å². The summed E-state index contributed by atoms with van der Waals surface area (Å²) >= 11 is 0. The van der Waals surface area contributed by atoms with Gasteiger partial charge >= 0.3 is 5.97 Å². The Kier molecular flexibility index (Phi) is 2.93. The summed E-state index contributed by atoms with van der Waals surface area (Å²) in [4.78, 5) is 25.0. The van der Waals surface area contributed by atoms with Crippen LogP contribution in [0.15, 0.2) is 0 Å². The topological polar surface area (TPSA) is 77.8 Å². The Labute approximate surface area is 107 Å². The molecule has 2 aliphatic rings. The molecule has 0 radical (unpaired) electrons. The SMILES string of the molecule is CC1(O)CCCN(C(=O)[C@H]2[C@@H](C(=O)O)C2(C)C)C1. The largest absolute Gasteiger partial charge is 0.481 e. The minimum Gasteiger partial charge on any atom is -0.481 e. The van der Waals surface area contributed by atoms with Crippen molar-refractivity contribution in [2.75, 3.05) is 13.1 Å². The van der Waals surface area contributed by atoms with Crippen LogP contribution in [-0.2, 0) is 9.59 Å². The number of amides is 1. The van der Waals surface area contributed by atoms with E-state index in [0.29, 0.717) is 19.5 Å². The second-order valence-electron chi connectivity index (χ2n) is 6.48. The molecule has 0 aromatic carbocycles. The molecule has 0 spiro atoms. The number of hydrogen-bond acceptors (Lipinski definition) is 3. The highest BCUT2D eigenvalue weighted by Crippen LogP contribution is 2.59. The normalized spacial score (nSPS) is 38.3. The van der Waals surface area contributed by atoms with Gasteiger partial charge in [-0.3, -0.25) is 9.59 Å². The third-order valence-corrected chi connectivity index (χ3v) is 4.35. The predicted octanol–water partition coefficient (Wildman–Crippen LogP) is 0.717. The van der Waals surface area contributed by atoms with Crippen molar-refractivity contribution < 1.29 is 19.8 Å². The van der Waals surface area contributed by atoms with Crippen molar-refractivity contribution >= 4 is 11.9 Å². The smallest absolute Gasteiger partial charge is 0.307 e. The summed E-state index contributed by atoms with van der Waals surface area (Å²) in [6.07, 6.45) is 1.46.